The number of alkyl halides is 3. The molecule has 0 aliphatic rings. The van der Waals surface area contributed by atoms with Crippen LogP contribution in [0.5, 0.6) is 5.75 Å². The molecule has 106 valence electrons. The standard InChI is InChI=1S/C13H9F3O4/c14-13(15,16)20-11-3-1-10(2-4-11)12(17)19-8-9-5-6-18-7-9/h1-7H,8H2. The van der Waals surface area contributed by atoms with Crippen molar-refractivity contribution in [2.24, 2.45) is 0 Å². The molecule has 0 atom stereocenters. The van der Waals surface area contributed by atoms with Gasteiger partial charge in [-0.2, -0.15) is 0 Å². The molecule has 0 amide bonds. The lowest BCUT2D eigenvalue weighted by Gasteiger charge is -2.09. The average Bonchev–Trinajstić information content (AvgIpc) is 2.88. The van der Waals surface area contributed by atoms with Gasteiger partial charge in [0.2, 0.25) is 0 Å². The van der Waals surface area contributed by atoms with Crippen molar-refractivity contribution < 1.29 is 31.9 Å². The maximum absolute atomic E-state index is 12.0. The summed E-state index contributed by atoms with van der Waals surface area (Å²) in [6, 6.07) is 6.11. The van der Waals surface area contributed by atoms with Crippen molar-refractivity contribution >= 4 is 5.97 Å². The van der Waals surface area contributed by atoms with Crippen LogP contribution in [-0.2, 0) is 11.3 Å². The zero-order valence-corrected chi connectivity index (χ0v) is 10.0. The molecule has 0 bridgehead atoms. The number of esters is 1. The molecule has 0 spiro atoms. The maximum Gasteiger partial charge on any atom is 0.573 e. The number of hydrogen-bond donors (Lipinski definition) is 0. The van der Waals surface area contributed by atoms with Crippen LogP contribution < -0.4 is 4.74 Å². The fourth-order valence-corrected chi connectivity index (χ4v) is 1.40. The first kappa shape index (κ1) is 14.0. The van der Waals surface area contributed by atoms with E-state index in [1.165, 1.54) is 24.7 Å². The monoisotopic (exact) mass is 286 g/mol. The summed E-state index contributed by atoms with van der Waals surface area (Å²) in [5.41, 5.74) is 0.804. The minimum atomic E-state index is -4.76. The SMILES string of the molecule is O=C(OCc1ccoc1)c1ccc(OC(F)(F)F)cc1. The summed E-state index contributed by atoms with van der Waals surface area (Å²) in [6.45, 7) is 0.0239. The fourth-order valence-electron chi connectivity index (χ4n) is 1.40. The molecular weight excluding hydrogens is 277 g/mol. The van der Waals surface area contributed by atoms with Gasteiger partial charge < -0.3 is 13.9 Å². The van der Waals surface area contributed by atoms with Crippen LogP contribution >= 0.6 is 0 Å². The molecule has 0 aliphatic carbocycles. The van der Waals surface area contributed by atoms with E-state index in [1.807, 2.05) is 0 Å². The Kier molecular flexibility index (Phi) is 3.97. The Labute approximate surface area is 111 Å². The molecule has 1 aromatic carbocycles. The van der Waals surface area contributed by atoms with Crippen LogP contribution in [0.15, 0.2) is 47.3 Å². The van der Waals surface area contributed by atoms with Crippen molar-refractivity contribution in [1.29, 1.82) is 0 Å². The molecule has 0 unspecified atom stereocenters. The molecule has 7 heteroatoms. The predicted molar refractivity (Wildman–Crippen MR) is 61.0 cm³/mol. The largest absolute Gasteiger partial charge is 0.573 e. The van der Waals surface area contributed by atoms with Crippen LogP contribution in [0, 0.1) is 0 Å². The molecule has 2 rings (SSSR count). The topological polar surface area (TPSA) is 48.7 Å². The lowest BCUT2D eigenvalue weighted by atomic mass is 10.2. The summed E-state index contributed by atoms with van der Waals surface area (Å²) in [5, 5.41) is 0. The second-order valence-electron chi connectivity index (χ2n) is 3.78. The molecule has 2 aromatic rings. The molecule has 0 fully saturated rings. The van der Waals surface area contributed by atoms with E-state index in [2.05, 4.69) is 4.74 Å². The highest BCUT2D eigenvalue weighted by molar-refractivity contribution is 5.89. The van der Waals surface area contributed by atoms with Gasteiger partial charge in [0.15, 0.2) is 0 Å². The molecule has 0 aliphatic heterocycles. The van der Waals surface area contributed by atoms with E-state index < -0.39 is 18.1 Å². The van der Waals surface area contributed by atoms with Gasteiger partial charge in [-0.1, -0.05) is 0 Å². The highest BCUT2D eigenvalue weighted by Gasteiger charge is 2.31. The van der Waals surface area contributed by atoms with Gasteiger partial charge in [0.1, 0.15) is 12.4 Å². The zero-order chi connectivity index (χ0) is 14.6. The molecule has 1 aromatic heterocycles. The minimum absolute atomic E-state index is 0.0239. The summed E-state index contributed by atoms with van der Waals surface area (Å²) in [7, 11) is 0. The Morgan fingerprint density at radius 2 is 1.85 bits per heavy atom. The molecule has 4 nitrogen and oxygen atoms in total. The van der Waals surface area contributed by atoms with E-state index in [0.717, 1.165) is 12.1 Å². The third-order valence-corrected chi connectivity index (χ3v) is 2.27. The second kappa shape index (κ2) is 5.68. The highest BCUT2D eigenvalue weighted by Crippen LogP contribution is 2.23. The van der Waals surface area contributed by atoms with Gasteiger partial charge in [0, 0.05) is 5.56 Å². The van der Waals surface area contributed by atoms with E-state index in [4.69, 9.17) is 9.15 Å². The van der Waals surface area contributed by atoms with Gasteiger partial charge in [-0.3, -0.25) is 0 Å². The number of rotatable bonds is 4. The van der Waals surface area contributed by atoms with Crippen molar-refractivity contribution in [2.75, 3.05) is 0 Å². The molecule has 1 heterocycles. The van der Waals surface area contributed by atoms with E-state index in [0.29, 0.717) is 5.56 Å². The van der Waals surface area contributed by atoms with Crippen molar-refractivity contribution in [3.63, 3.8) is 0 Å². The number of benzene rings is 1. The molecule has 20 heavy (non-hydrogen) atoms. The number of halogens is 3. The normalized spacial score (nSPS) is 11.2. The van der Waals surface area contributed by atoms with Gasteiger partial charge in [0.25, 0.3) is 0 Å². The van der Waals surface area contributed by atoms with E-state index in [1.54, 1.807) is 6.07 Å². The first-order chi connectivity index (χ1) is 9.44. The Morgan fingerprint density at radius 3 is 2.40 bits per heavy atom. The Bertz CT molecular complexity index is 558. The zero-order valence-electron chi connectivity index (χ0n) is 10.0. The number of ether oxygens (including phenoxy) is 2. The Morgan fingerprint density at radius 1 is 1.15 bits per heavy atom. The molecule has 0 saturated heterocycles. The van der Waals surface area contributed by atoms with Gasteiger partial charge in [-0.15, -0.1) is 13.2 Å². The van der Waals surface area contributed by atoms with Crippen LogP contribution in [0.25, 0.3) is 0 Å². The van der Waals surface area contributed by atoms with Crippen molar-refractivity contribution in [3.05, 3.63) is 54.0 Å². The molecule has 0 saturated carbocycles. The van der Waals surface area contributed by atoms with E-state index in [-0.39, 0.29) is 12.2 Å². The van der Waals surface area contributed by atoms with Crippen LogP contribution in [-0.4, -0.2) is 12.3 Å². The van der Waals surface area contributed by atoms with Crippen molar-refractivity contribution in [1.82, 2.24) is 0 Å². The van der Waals surface area contributed by atoms with Crippen molar-refractivity contribution in [3.8, 4) is 5.75 Å². The first-order valence-electron chi connectivity index (χ1n) is 5.48. The van der Waals surface area contributed by atoms with Crippen LogP contribution in [0.3, 0.4) is 0 Å². The molecule has 0 N–H and O–H groups in total. The number of carbonyl (C=O) groups is 1. The van der Waals surface area contributed by atoms with E-state index >= 15 is 0 Å². The lowest BCUT2D eigenvalue weighted by molar-refractivity contribution is -0.274. The minimum Gasteiger partial charge on any atom is -0.472 e. The second-order valence-corrected chi connectivity index (χ2v) is 3.78. The molecular formula is C13H9F3O4. The third-order valence-electron chi connectivity index (χ3n) is 2.27. The average molecular weight is 286 g/mol. The van der Waals surface area contributed by atoms with Crippen molar-refractivity contribution in [2.45, 2.75) is 13.0 Å². The van der Waals surface area contributed by atoms with Gasteiger partial charge in [-0.05, 0) is 30.3 Å². The predicted octanol–water partition coefficient (Wildman–Crippen LogP) is 3.54. The summed E-state index contributed by atoms with van der Waals surface area (Å²) < 4.78 is 49.3. The summed E-state index contributed by atoms with van der Waals surface area (Å²) in [4.78, 5) is 11.6. The summed E-state index contributed by atoms with van der Waals surface area (Å²) in [5.74, 6) is -1.05. The van der Waals surface area contributed by atoms with E-state index in [9.17, 15) is 18.0 Å². The van der Waals surface area contributed by atoms with Gasteiger partial charge >= 0.3 is 12.3 Å². The van der Waals surface area contributed by atoms with Crippen LogP contribution in [0.4, 0.5) is 13.2 Å². The Balaban J connectivity index is 1.93. The molecule has 0 radical (unpaired) electrons. The summed E-state index contributed by atoms with van der Waals surface area (Å²) >= 11 is 0. The lowest BCUT2D eigenvalue weighted by Crippen LogP contribution is -2.17. The first-order valence-corrected chi connectivity index (χ1v) is 5.48. The van der Waals surface area contributed by atoms with Crippen LogP contribution in [0.1, 0.15) is 15.9 Å². The Hall–Kier alpha value is -2.44. The fraction of sp³-hybridized carbons (Fsp3) is 0.154. The maximum atomic E-state index is 12.0. The van der Waals surface area contributed by atoms with Gasteiger partial charge in [0.05, 0.1) is 18.1 Å². The quantitative estimate of drug-likeness (QED) is 0.807. The number of furan rings is 1. The van der Waals surface area contributed by atoms with Crippen LogP contribution in [0.2, 0.25) is 0 Å². The number of hydrogen-bond acceptors (Lipinski definition) is 4. The smallest absolute Gasteiger partial charge is 0.472 e. The highest BCUT2D eigenvalue weighted by atomic mass is 19.4. The van der Waals surface area contributed by atoms with Gasteiger partial charge in [-0.25, -0.2) is 4.79 Å². The number of carbonyl (C=O) groups excluding carboxylic acids is 1. The summed E-state index contributed by atoms with van der Waals surface area (Å²) in [6.07, 6.45) is -1.90. The third kappa shape index (κ3) is 4.04.